The summed E-state index contributed by atoms with van der Waals surface area (Å²) in [4.78, 5) is 15.3. The van der Waals surface area contributed by atoms with Crippen molar-refractivity contribution in [2.24, 2.45) is 0 Å². The number of benzene rings is 1. The van der Waals surface area contributed by atoms with Crippen molar-refractivity contribution in [3.63, 3.8) is 0 Å². The molecule has 1 amide bonds. The van der Waals surface area contributed by atoms with E-state index < -0.39 is 5.82 Å². The minimum Gasteiger partial charge on any atom is -0.467 e. The number of aromatic nitrogens is 1. The van der Waals surface area contributed by atoms with Crippen LogP contribution in [0.15, 0.2) is 41.0 Å². The molecule has 0 aliphatic rings. The second-order valence-electron chi connectivity index (χ2n) is 4.55. The molecule has 3 rings (SSSR count). The number of furan rings is 1. The van der Waals surface area contributed by atoms with Gasteiger partial charge in [0.2, 0.25) is 0 Å². The number of amides is 1. The SMILES string of the molecule is Cc1[nH]c2cccc(F)c2c1C(=O)NCc1ccco1. The van der Waals surface area contributed by atoms with Crippen LogP contribution in [0, 0.1) is 12.7 Å². The number of hydrogen-bond donors (Lipinski definition) is 2. The van der Waals surface area contributed by atoms with Gasteiger partial charge in [0.05, 0.1) is 18.4 Å². The molecule has 0 bridgehead atoms. The fraction of sp³-hybridized carbons (Fsp3) is 0.133. The Hall–Kier alpha value is -2.56. The molecule has 0 saturated carbocycles. The van der Waals surface area contributed by atoms with E-state index >= 15 is 0 Å². The van der Waals surface area contributed by atoms with Crippen molar-refractivity contribution in [1.29, 1.82) is 0 Å². The van der Waals surface area contributed by atoms with Crippen LogP contribution >= 0.6 is 0 Å². The molecule has 1 aromatic carbocycles. The summed E-state index contributed by atoms with van der Waals surface area (Å²) in [5.74, 6) is -0.0819. The van der Waals surface area contributed by atoms with Crippen molar-refractivity contribution in [3.8, 4) is 0 Å². The lowest BCUT2D eigenvalue weighted by Crippen LogP contribution is -2.23. The molecule has 2 aromatic heterocycles. The van der Waals surface area contributed by atoms with Crippen LogP contribution in [0.4, 0.5) is 4.39 Å². The summed E-state index contributed by atoms with van der Waals surface area (Å²) in [5, 5.41) is 3.05. The second-order valence-corrected chi connectivity index (χ2v) is 4.55. The molecule has 0 radical (unpaired) electrons. The van der Waals surface area contributed by atoms with E-state index in [4.69, 9.17) is 4.42 Å². The van der Waals surface area contributed by atoms with Gasteiger partial charge in [-0.05, 0) is 31.2 Å². The molecule has 0 atom stereocenters. The summed E-state index contributed by atoms with van der Waals surface area (Å²) in [6, 6.07) is 8.22. The van der Waals surface area contributed by atoms with Gasteiger partial charge in [-0.25, -0.2) is 4.39 Å². The molecule has 2 heterocycles. The number of fused-ring (bicyclic) bond motifs is 1. The molecule has 0 aliphatic carbocycles. The van der Waals surface area contributed by atoms with E-state index in [-0.39, 0.29) is 12.5 Å². The van der Waals surface area contributed by atoms with Gasteiger partial charge in [-0.3, -0.25) is 4.79 Å². The van der Waals surface area contributed by atoms with Crippen LogP contribution in [-0.2, 0) is 6.54 Å². The van der Waals surface area contributed by atoms with Crippen molar-refractivity contribution >= 4 is 16.8 Å². The fourth-order valence-electron chi connectivity index (χ4n) is 2.29. The number of aromatic amines is 1. The third kappa shape index (κ3) is 2.07. The lowest BCUT2D eigenvalue weighted by molar-refractivity contribution is 0.0949. The summed E-state index contributed by atoms with van der Waals surface area (Å²) in [5.41, 5.74) is 1.59. The zero-order valence-corrected chi connectivity index (χ0v) is 10.9. The summed E-state index contributed by atoms with van der Waals surface area (Å²) in [6.45, 7) is 2.02. The van der Waals surface area contributed by atoms with Crippen LogP contribution in [-0.4, -0.2) is 10.9 Å². The van der Waals surface area contributed by atoms with Gasteiger partial charge in [0.25, 0.3) is 5.91 Å². The molecular weight excluding hydrogens is 259 g/mol. The van der Waals surface area contributed by atoms with Gasteiger partial charge >= 0.3 is 0 Å². The van der Waals surface area contributed by atoms with Gasteiger partial charge in [-0.1, -0.05) is 6.07 Å². The molecular formula is C15H13FN2O2. The van der Waals surface area contributed by atoms with Crippen molar-refractivity contribution < 1.29 is 13.6 Å². The van der Waals surface area contributed by atoms with Crippen molar-refractivity contribution in [2.75, 3.05) is 0 Å². The molecule has 5 heteroatoms. The Balaban J connectivity index is 1.93. The lowest BCUT2D eigenvalue weighted by atomic mass is 10.1. The Labute approximate surface area is 114 Å². The Kier molecular flexibility index (Phi) is 3.02. The van der Waals surface area contributed by atoms with Crippen LogP contribution in [0.25, 0.3) is 10.9 Å². The highest BCUT2D eigenvalue weighted by atomic mass is 19.1. The third-order valence-corrected chi connectivity index (χ3v) is 3.19. The van der Waals surface area contributed by atoms with E-state index in [2.05, 4.69) is 10.3 Å². The third-order valence-electron chi connectivity index (χ3n) is 3.19. The highest BCUT2D eigenvalue weighted by molar-refractivity contribution is 6.08. The van der Waals surface area contributed by atoms with E-state index in [1.165, 1.54) is 12.3 Å². The molecule has 3 aromatic rings. The minimum atomic E-state index is -0.407. The Morgan fingerprint density at radius 3 is 2.95 bits per heavy atom. The van der Waals surface area contributed by atoms with E-state index in [0.717, 1.165) is 0 Å². The topological polar surface area (TPSA) is 58.0 Å². The number of carbonyl (C=O) groups excluding carboxylic acids is 1. The van der Waals surface area contributed by atoms with E-state index in [0.29, 0.717) is 27.9 Å². The first-order chi connectivity index (χ1) is 9.66. The van der Waals surface area contributed by atoms with Crippen molar-refractivity contribution in [1.82, 2.24) is 10.3 Å². The van der Waals surface area contributed by atoms with Crippen LogP contribution in [0.2, 0.25) is 0 Å². The molecule has 102 valence electrons. The van der Waals surface area contributed by atoms with Gasteiger partial charge in [0, 0.05) is 16.6 Å². The van der Waals surface area contributed by atoms with Crippen LogP contribution < -0.4 is 5.32 Å². The monoisotopic (exact) mass is 272 g/mol. The maximum atomic E-state index is 13.9. The van der Waals surface area contributed by atoms with E-state index in [1.54, 1.807) is 31.2 Å². The normalized spacial score (nSPS) is 10.9. The molecule has 0 saturated heterocycles. The predicted molar refractivity (Wildman–Crippen MR) is 72.9 cm³/mol. The smallest absolute Gasteiger partial charge is 0.254 e. The van der Waals surface area contributed by atoms with Gasteiger partial charge in [-0.2, -0.15) is 0 Å². The first-order valence-corrected chi connectivity index (χ1v) is 6.24. The van der Waals surface area contributed by atoms with Gasteiger partial charge in [-0.15, -0.1) is 0 Å². The summed E-state index contributed by atoms with van der Waals surface area (Å²) in [6.07, 6.45) is 1.54. The van der Waals surface area contributed by atoms with E-state index in [9.17, 15) is 9.18 Å². The number of hydrogen-bond acceptors (Lipinski definition) is 2. The first kappa shape index (κ1) is 12.5. The second kappa shape index (κ2) is 4.85. The molecule has 2 N–H and O–H groups in total. The molecule has 0 unspecified atom stereocenters. The fourth-order valence-corrected chi connectivity index (χ4v) is 2.29. The largest absolute Gasteiger partial charge is 0.467 e. The summed E-state index contributed by atoms with van der Waals surface area (Å²) >= 11 is 0. The molecule has 0 fully saturated rings. The predicted octanol–water partition coefficient (Wildman–Crippen LogP) is 3.14. The lowest BCUT2D eigenvalue weighted by Gasteiger charge is -2.04. The Morgan fingerprint density at radius 2 is 2.20 bits per heavy atom. The number of nitrogens with one attached hydrogen (secondary N) is 2. The number of carbonyl (C=O) groups is 1. The van der Waals surface area contributed by atoms with Gasteiger partial charge < -0.3 is 14.7 Å². The molecule has 0 spiro atoms. The van der Waals surface area contributed by atoms with E-state index in [1.807, 2.05) is 0 Å². The van der Waals surface area contributed by atoms with Gasteiger partial charge in [0.15, 0.2) is 0 Å². The maximum absolute atomic E-state index is 13.9. The van der Waals surface area contributed by atoms with Crippen LogP contribution in [0.1, 0.15) is 21.8 Å². The molecule has 20 heavy (non-hydrogen) atoms. The van der Waals surface area contributed by atoms with Crippen molar-refractivity contribution in [3.05, 3.63) is 59.4 Å². The van der Waals surface area contributed by atoms with Gasteiger partial charge in [0.1, 0.15) is 11.6 Å². The zero-order valence-electron chi connectivity index (χ0n) is 10.9. The molecule has 4 nitrogen and oxygen atoms in total. The number of H-pyrrole nitrogens is 1. The Bertz CT molecular complexity index is 760. The first-order valence-electron chi connectivity index (χ1n) is 6.24. The minimum absolute atomic E-state index is 0.270. The average molecular weight is 272 g/mol. The van der Waals surface area contributed by atoms with Crippen LogP contribution in [0.5, 0.6) is 0 Å². The standard InChI is InChI=1S/C15H13FN2O2/c1-9-13(14-11(16)5-2-6-12(14)18-9)15(19)17-8-10-4-3-7-20-10/h2-7,18H,8H2,1H3,(H,17,19). The summed E-state index contributed by atoms with van der Waals surface area (Å²) in [7, 11) is 0. The average Bonchev–Trinajstić information content (AvgIpc) is 3.03. The van der Waals surface area contributed by atoms with Crippen molar-refractivity contribution in [2.45, 2.75) is 13.5 Å². The molecule has 0 aliphatic heterocycles. The highest BCUT2D eigenvalue weighted by Crippen LogP contribution is 2.24. The highest BCUT2D eigenvalue weighted by Gasteiger charge is 2.18. The van der Waals surface area contributed by atoms with Crippen LogP contribution in [0.3, 0.4) is 0 Å². The maximum Gasteiger partial charge on any atom is 0.254 e. The Morgan fingerprint density at radius 1 is 1.35 bits per heavy atom. The number of rotatable bonds is 3. The number of halogens is 1. The zero-order chi connectivity index (χ0) is 14.1. The summed E-state index contributed by atoms with van der Waals surface area (Å²) < 4.78 is 19.1. The number of aryl methyl sites for hydroxylation is 1. The quantitative estimate of drug-likeness (QED) is 0.769.